The van der Waals surface area contributed by atoms with Crippen LogP contribution in [0.2, 0.25) is 0 Å². The number of likely N-dealkylation sites (tertiary alicyclic amines) is 1. The second-order valence-electron chi connectivity index (χ2n) is 8.91. The van der Waals surface area contributed by atoms with Gasteiger partial charge in [-0.25, -0.2) is 9.18 Å². The lowest BCUT2D eigenvalue weighted by Gasteiger charge is -2.17. The highest BCUT2D eigenvalue weighted by Gasteiger charge is 2.25. The molecule has 0 radical (unpaired) electrons. The Morgan fingerprint density at radius 3 is 2.71 bits per heavy atom. The molecule has 0 bridgehead atoms. The zero-order chi connectivity index (χ0) is 24.1. The van der Waals surface area contributed by atoms with Gasteiger partial charge in [0.2, 0.25) is 0 Å². The lowest BCUT2D eigenvalue weighted by Crippen LogP contribution is -2.23. The first-order valence-electron chi connectivity index (χ1n) is 11.8. The van der Waals surface area contributed by atoms with Crippen molar-refractivity contribution in [1.82, 2.24) is 4.90 Å². The fourth-order valence-electron chi connectivity index (χ4n) is 4.84. The standard InChI is InChI=1S/C27H30BrF2NO3/c1-33-27(32)23-11-10-21-22(26(23)30)4-2-5-24(28)25(21)19-6-8-20(9-7-19)34-17-18-12-15-31(16-18)14-3-13-29/h6-11,18H,2-5,12-17H2,1H3/t18-/m0/s1. The molecule has 0 saturated carbocycles. The predicted molar refractivity (Wildman–Crippen MR) is 133 cm³/mol. The van der Waals surface area contributed by atoms with E-state index < -0.39 is 11.8 Å². The van der Waals surface area contributed by atoms with Gasteiger partial charge in [0, 0.05) is 23.5 Å². The van der Waals surface area contributed by atoms with Gasteiger partial charge in [-0.2, -0.15) is 0 Å². The molecule has 1 atom stereocenters. The van der Waals surface area contributed by atoms with Gasteiger partial charge in [0.05, 0.1) is 26.0 Å². The smallest absolute Gasteiger partial charge is 0.340 e. The maximum absolute atomic E-state index is 15.2. The quantitative estimate of drug-likeness (QED) is 0.380. The molecule has 0 aromatic heterocycles. The van der Waals surface area contributed by atoms with Crippen LogP contribution in [0.1, 0.15) is 52.7 Å². The Hall–Kier alpha value is -2.25. The van der Waals surface area contributed by atoms with E-state index in [-0.39, 0.29) is 12.2 Å². The van der Waals surface area contributed by atoms with E-state index in [1.807, 2.05) is 30.3 Å². The van der Waals surface area contributed by atoms with E-state index in [0.29, 0.717) is 30.9 Å². The average molecular weight is 534 g/mol. The normalized spacial score (nSPS) is 18.5. The topological polar surface area (TPSA) is 38.8 Å². The van der Waals surface area contributed by atoms with E-state index >= 15 is 4.39 Å². The van der Waals surface area contributed by atoms with Crippen molar-refractivity contribution in [2.75, 3.05) is 40.0 Å². The van der Waals surface area contributed by atoms with Crippen molar-refractivity contribution in [2.24, 2.45) is 5.92 Å². The summed E-state index contributed by atoms with van der Waals surface area (Å²) in [5.41, 5.74) is 3.21. The fraction of sp³-hybridized carbons (Fsp3) is 0.444. The summed E-state index contributed by atoms with van der Waals surface area (Å²) in [7, 11) is 1.26. The van der Waals surface area contributed by atoms with Crippen molar-refractivity contribution in [3.63, 3.8) is 0 Å². The molecule has 0 amide bonds. The summed E-state index contributed by atoms with van der Waals surface area (Å²) in [5, 5.41) is 0. The number of carbonyl (C=O) groups is 1. The number of benzene rings is 2. The molecule has 1 saturated heterocycles. The highest BCUT2D eigenvalue weighted by Crippen LogP contribution is 2.39. The summed E-state index contributed by atoms with van der Waals surface area (Å²) >= 11 is 3.72. The summed E-state index contributed by atoms with van der Waals surface area (Å²) in [6, 6.07) is 11.2. The van der Waals surface area contributed by atoms with Crippen LogP contribution in [0.4, 0.5) is 8.78 Å². The summed E-state index contributed by atoms with van der Waals surface area (Å²) in [5.74, 6) is 0.0881. The minimum atomic E-state index is -0.663. The number of nitrogens with zero attached hydrogens (tertiary/aromatic N) is 1. The first kappa shape index (κ1) is 24.9. The van der Waals surface area contributed by atoms with Crippen LogP contribution in [0.5, 0.6) is 5.75 Å². The van der Waals surface area contributed by atoms with E-state index in [9.17, 15) is 9.18 Å². The number of esters is 1. The van der Waals surface area contributed by atoms with Gasteiger partial charge >= 0.3 is 5.97 Å². The molecule has 1 aliphatic heterocycles. The number of allylic oxidation sites excluding steroid dienone is 1. The molecule has 7 heteroatoms. The minimum Gasteiger partial charge on any atom is -0.493 e. The molecule has 2 aromatic rings. The first-order valence-corrected chi connectivity index (χ1v) is 12.6. The second-order valence-corrected chi connectivity index (χ2v) is 9.87. The zero-order valence-electron chi connectivity index (χ0n) is 19.4. The SMILES string of the molecule is COC(=O)c1ccc2c(c1F)CCCC(Br)=C2c1ccc(OC[C@H]2CCN(CCCF)C2)cc1. The molecule has 4 nitrogen and oxygen atoms in total. The molecule has 1 aliphatic carbocycles. The predicted octanol–water partition coefficient (Wildman–Crippen LogP) is 6.16. The van der Waals surface area contributed by atoms with Gasteiger partial charge in [-0.1, -0.05) is 34.1 Å². The maximum Gasteiger partial charge on any atom is 0.340 e. The van der Waals surface area contributed by atoms with Crippen LogP contribution >= 0.6 is 15.9 Å². The molecule has 182 valence electrons. The van der Waals surface area contributed by atoms with Crippen LogP contribution < -0.4 is 4.74 Å². The highest BCUT2D eigenvalue weighted by atomic mass is 79.9. The molecule has 0 N–H and O–H groups in total. The third-order valence-electron chi connectivity index (χ3n) is 6.62. The summed E-state index contributed by atoms with van der Waals surface area (Å²) in [4.78, 5) is 14.3. The van der Waals surface area contributed by atoms with E-state index in [0.717, 1.165) is 65.8 Å². The average Bonchev–Trinajstić information content (AvgIpc) is 3.23. The molecular weight excluding hydrogens is 504 g/mol. The molecule has 1 heterocycles. The number of hydrogen-bond donors (Lipinski definition) is 0. The monoisotopic (exact) mass is 533 g/mol. The number of alkyl halides is 1. The molecular formula is C27H30BrF2NO3. The molecule has 1 fully saturated rings. The number of ether oxygens (including phenoxy) is 2. The van der Waals surface area contributed by atoms with Gasteiger partial charge in [-0.05, 0) is 79.1 Å². The first-order chi connectivity index (χ1) is 16.5. The van der Waals surface area contributed by atoms with Crippen molar-refractivity contribution >= 4 is 27.5 Å². The van der Waals surface area contributed by atoms with Crippen molar-refractivity contribution in [3.05, 3.63) is 69.0 Å². The molecule has 2 aromatic carbocycles. The molecule has 2 aliphatic rings. The Morgan fingerprint density at radius 1 is 1.18 bits per heavy atom. The molecule has 0 spiro atoms. The van der Waals surface area contributed by atoms with Gasteiger partial charge in [-0.3, -0.25) is 4.39 Å². The van der Waals surface area contributed by atoms with E-state index in [4.69, 9.17) is 9.47 Å². The fourth-order valence-corrected chi connectivity index (χ4v) is 5.56. The Morgan fingerprint density at radius 2 is 1.97 bits per heavy atom. The van der Waals surface area contributed by atoms with Crippen LogP contribution in [0.15, 0.2) is 40.9 Å². The van der Waals surface area contributed by atoms with E-state index in [1.54, 1.807) is 0 Å². The van der Waals surface area contributed by atoms with Crippen molar-refractivity contribution < 1.29 is 23.0 Å². The summed E-state index contributed by atoms with van der Waals surface area (Å²) < 4.78 is 39.4. The molecule has 0 unspecified atom stereocenters. The van der Waals surface area contributed by atoms with Gasteiger partial charge in [-0.15, -0.1) is 0 Å². The third kappa shape index (κ3) is 5.52. The number of halogens is 3. The third-order valence-corrected chi connectivity index (χ3v) is 7.41. The molecule has 4 rings (SSSR count). The number of hydrogen-bond acceptors (Lipinski definition) is 4. The van der Waals surface area contributed by atoms with Crippen molar-refractivity contribution in [2.45, 2.75) is 32.1 Å². The van der Waals surface area contributed by atoms with Gasteiger partial charge in [0.25, 0.3) is 0 Å². The lowest BCUT2D eigenvalue weighted by molar-refractivity contribution is 0.0595. The lowest BCUT2D eigenvalue weighted by atomic mass is 9.92. The largest absolute Gasteiger partial charge is 0.493 e. The van der Waals surface area contributed by atoms with E-state index in [2.05, 4.69) is 20.8 Å². The van der Waals surface area contributed by atoms with Crippen molar-refractivity contribution in [1.29, 1.82) is 0 Å². The van der Waals surface area contributed by atoms with Gasteiger partial charge in [0.1, 0.15) is 11.6 Å². The summed E-state index contributed by atoms with van der Waals surface area (Å²) in [6.45, 7) is 3.15. The number of methoxy groups -OCH3 is 1. The van der Waals surface area contributed by atoms with E-state index in [1.165, 1.54) is 13.2 Å². The Labute approximate surface area is 208 Å². The highest BCUT2D eigenvalue weighted by molar-refractivity contribution is 9.11. The van der Waals surface area contributed by atoms with Crippen LogP contribution in [-0.2, 0) is 11.2 Å². The van der Waals surface area contributed by atoms with Gasteiger partial charge < -0.3 is 14.4 Å². The Balaban J connectivity index is 1.49. The molecule has 34 heavy (non-hydrogen) atoms. The number of rotatable bonds is 8. The maximum atomic E-state index is 15.2. The van der Waals surface area contributed by atoms with Crippen molar-refractivity contribution in [3.8, 4) is 5.75 Å². The second kappa shape index (κ2) is 11.5. The number of carbonyl (C=O) groups excluding carboxylic acids is 1. The van der Waals surface area contributed by atoms with Crippen LogP contribution in [0.25, 0.3) is 5.57 Å². The minimum absolute atomic E-state index is 0.0301. The van der Waals surface area contributed by atoms with Crippen LogP contribution in [0.3, 0.4) is 0 Å². The number of fused-ring (bicyclic) bond motifs is 1. The zero-order valence-corrected chi connectivity index (χ0v) is 21.0. The Kier molecular flexibility index (Phi) is 8.37. The van der Waals surface area contributed by atoms with Gasteiger partial charge in [0.15, 0.2) is 0 Å². The summed E-state index contributed by atoms with van der Waals surface area (Å²) in [6.07, 6.45) is 3.78. The Bertz CT molecular complexity index is 1050. The van der Waals surface area contributed by atoms with Crippen LogP contribution in [-0.4, -0.2) is 50.9 Å². The van der Waals surface area contributed by atoms with Crippen LogP contribution in [0, 0.1) is 11.7 Å².